The van der Waals surface area contributed by atoms with Crippen LogP contribution in [0.15, 0.2) is 82.3 Å². The molecule has 0 radical (unpaired) electrons. The highest BCUT2D eigenvalue weighted by Crippen LogP contribution is 2.28. The summed E-state index contributed by atoms with van der Waals surface area (Å²) in [6.07, 6.45) is 4.56. The van der Waals surface area contributed by atoms with Crippen molar-refractivity contribution in [1.29, 1.82) is 0 Å². The number of unbranched alkanes of at least 4 members (excludes halogenated alkanes) is 1. The van der Waals surface area contributed by atoms with Crippen LogP contribution in [-0.4, -0.2) is 37.9 Å². The van der Waals surface area contributed by atoms with E-state index in [1.54, 1.807) is 18.4 Å². The van der Waals surface area contributed by atoms with E-state index in [2.05, 4.69) is 17.4 Å². The maximum absolute atomic E-state index is 11.6. The minimum absolute atomic E-state index is 0.0195. The summed E-state index contributed by atoms with van der Waals surface area (Å²) in [5.74, 6) is 1.50. The highest BCUT2D eigenvalue weighted by molar-refractivity contribution is 7.99. The van der Waals surface area contributed by atoms with Gasteiger partial charge >= 0.3 is 5.97 Å². The summed E-state index contributed by atoms with van der Waals surface area (Å²) in [5, 5.41) is 3.95. The van der Waals surface area contributed by atoms with Crippen LogP contribution in [0.3, 0.4) is 0 Å². The van der Waals surface area contributed by atoms with Gasteiger partial charge in [0.25, 0.3) is 0 Å². The molecule has 1 N–H and O–H groups in total. The maximum Gasteiger partial charge on any atom is 0.337 e. The molecule has 0 saturated heterocycles. The van der Waals surface area contributed by atoms with Gasteiger partial charge in [0.2, 0.25) is 5.91 Å². The molecular formula is C30H31NO5S. The average Bonchev–Trinajstić information content (AvgIpc) is 3.32. The zero-order valence-corrected chi connectivity index (χ0v) is 21.9. The molecule has 0 aliphatic rings. The minimum Gasteiger partial charge on any atom is -0.494 e. The lowest BCUT2D eigenvalue weighted by Crippen LogP contribution is -2.22. The normalized spacial score (nSPS) is 10.9. The third kappa shape index (κ3) is 7.40. The number of hydrogen-bond acceptors (Lipinski definition) is 6. The van der Waals surface area contributed by atoms with E-state index >= 15 is 0 Å². The number of benzene rings is 3. The smallest absolute Gasteiger partial charge is 0.337 e. The molecule has 1 amide bonds. The molecule has 0 spiro atoms. The van der Waals surface area contributed by atoms with Crippen molar-refractivity contribution >= 4 is 34.6 Å². The van der Waals surface area contributed by atoms with Crippen molar-refractivity contribution in [1.82, 2.24) is 5.32 Å². The van der Waals surface area contributed by atoms with E-state index in [0.717, 1.165) is 58.4 Å². The molecule has 0 aliphatic carbocycles. The van der Waals surface area contributed by atoms with Crippen molar-refractivity contribution in [2.45, 2.75) is 31.1 Å². The van der Waals surface area contributed by atoms with Gasteiger partial charge in [0.1, 0.15) is 11.3 Å². The van der Waals surface area contributed by atoms with E-state index in [1.807, 2.05) is 54.2 Å². The van der Waals surface area contributed by atoms with Crippen molar-refractivity contribution in [3.63, 3.8) is 0 Å². The fraction of sp³-hybridized carbons (Fsp3) is 0.267. The van der Waals surface area contributed by atoms with E-state index in [4.69, 9.17) is 13.9 Å². The summed E-state index contributed by atoms with van der Waals surface area (Å²) in [5.41, 5.74) is 4.62. The van der Waals surface area contributed by atoms with Crippen LogP contribution >= 0.6 is 11.8 Å². The van der Waals surface area contributed by atoms with Crippen molar-refractivity contribution in [2.24, 2.45) is 0 Å². The number of fused-ring (bicyclic) bond motifs is 1. The minimum atomic E-state index is -0.336. The molecular weight excluding hydrogens is 486 g/mol. The van der Waals surface area contributed by atoms with Crippen LogP contribution in [-0.2, 0) is 16.0 Å². The second kappa shape index (κ2) is 13.0. The summed E-state index contributed by atoms with van der Waals surface area (Å²) in [7, 11) is 1.38. The number of carbonyl (C=O) groups excluding carboxylic acids is 2. The van der Waals surface area contributed by atoms with Crippen molar-refractivity contribution in [3.05, 3.63) is 84.1 Å². The molecule has 0 unspecified atom stereocenters. The van der Waals surface area contributed by atoms with Gasteiger partial charge in [0.05, 0.1) is 25.5 Å². The Bertz CT molecular complexity index is 1330. The Balaban J connectivity index is 1.19. The van der Waals surface area contributed by atoms with Gasteiger partial charge in [-0.3, -0.25) is 4.79 Å². The molecule has 192 valence electrons. The first-order valence-corrected chi connectivity index (χ1v) is 13.3. The fourth-order valence-electron chi connectivity index (χ4n) is 3.96. The summed E-state index contributed by atoms with van der Waals surface area (Å²) in [6.45, 7) is 2.80. The number of amides is 1. The van der Waals surface area contributed by atoms with Gasteiger partial charge in [-0.25, -0.2) is 4.79 Å². The number of esters is 1. The molecule has 1 heterocycles. The summed E-state index contributed by atoms with van der Waals surface area (Å²) in [6, 6.07) is 21.6. The topological polar surface area (TPSA) is 77.8 Å². The number of furan rings is 1. The van der Waals surface area contributed by atoms with Crippen LogP contribution in [0.2, 0.25) is 0 Å². The molecule has 4 rings (SSSR count). The van der Waals surface area contributed by atoms with Crippen LogP contribution in [0.5, 0.6) is 5.75 Å². The second-order valence-electron chi connectivity index (χ2n) is 8.65. The zero-order chi connectivity index (χ0) is 26.0. The Morgan fingerprint density at radius 3 is 2.38 bits per heavy atom. The molecule has 6 nitrogen and oxygen atoms in total. The summed E-state index contributed by atoms with van der Waals surface area (Å²) >= 11 is 1.83. The second-order valence-corrected chi connectivity index (χ2v) is 9.82. The van der Waals surface area contributed by atoms with E-state index < -0.39 is 0 Å². The monoisotopic (exact) mass is 517 g/mol. The highest BCUT2D eigenvalue weighted by atomic mass is 32.2. The van der Waals surface area contributed by atoms with E-state index in [0.29, 0.717) is 18.7 Å². The number of carbonyl (C=O) groups is 2. The van der Waals surface area contributed by atoms with E-state index in [-0.39, 0.29) is 11.9 Å². The largest absolute Gasteiger partial charge is 0.494 e. The Morgan fingerprint density at radius 2 is 1.68 bits per heavy atom. The number of hydrogen-bond donors (Lipinski definition) is 1. The van der Waals surface area contributed by atoms with Crippen molar-refractivity contribution in [3.8, 4) is 16.9 Å². The van der Waals surface area contributed by atoms with Crippen LogP contribution in [0.25, 0.3) is 22.1 Å². The van der Waals surface area contributed by atoms with Gasteiger partial charge in [-0.05, 0) is 84.2 Å². The van der Waals surface area contributed by atoms with Gasteiger partial charge in [0.15, 0.2) is 0 Å². The van der Waals surface area contributed by atoms with Crippen LogP contribution in [0.4, 0.5) is 0 Å². The first-order valence-electron chi connectivity index (χ1n) is 12.3. The Hall–Kier alpha value is -3.71. The summed E-state index contributed by atoms with van der Waals surface area (Å²) in [4.78, 5) is 23.9. The predicted octanol–water partition coefficient (Wildman–Crippen LogP) is 6.52. The fourth-order valence-corrected chi connectivity index (χ4v) is 4.91. The SMILES string of the molecule is COC(=O)c1ccc(-c2ccc(OCCCCSc3ccc4occ(CCNC(C)=O)c4c3)cc2)cc1. The zero-order valence-electron chi connectivity index (χ0n) is 21.1. The molecule has 0 bridgehead atoms. The quantitative estimate of drug-likeness (QED) is 0.131. The van der Waals surface area contributed by atoms with Crippen molar-refractivity contribution in [2.75, 3.05) is 26.0 Å². The van der Waals surface area contributed by atoms with E-state index in [1.165, 1.54) is 18.9 Å². The number of ether oxygens (including phenoxy) is 2. The Labute approximate surface area is 221 Å². The third-order valence-corrected chi connectivity index (χ3v) is 7.04. The lowest BCUT2D eigenvalue weighted by Gasteiger charge is -2.08. The molecule has 1 aromatic heterocycles. The number of thioether (sulfide) groups is 1. The molecule has 4 aromatic rings. The van der Waals surface area contributed by atoms with Gasteiger partial charge in [0, 0.05) is 23.8 Å². The third-order valence-electron chi connectivity index (χ3n) is 5.96. The molecule has 0 aliphatic heterocycles. The molecule has 37 heavy (non-hydrogen) atoms. The summed E-state index contributed by atoms with van der Waals surface area (Å²) < 4.78 is 16.3. The van der Waals surface area contributed by atoms with E-state index in [9.17, 15) is 9.59 Å². The molecule has 0 saturated carbocycles. The van der Waals surface area contributed by atoms with Crippen LogP contribution in [0.1, 0.15) is 35.7 Å². The average molecular weight is 518 g/mol. The maximum atomic E-state index is 11.6. The van der Waals surface area contributed by atoms with Gasteiger partial charge in [-0.2, -0.15) is 0 Å². The van der Waals surface area contributed by atoms with Gasteiger partial charge in [-0.15, -0.1) is 11.8 Å². The predicted molar refractivity (Wildman–Crippen MR) is 147 cm³/mol. The number of rotatable bonds is 12. The Kier molecular flexibility index (Phi) is 9.27. The standard InChI is InChI=1S/C30H31NO5S/c1-21(32)31-16-15-25-20-36-29-14-13-27(19-28(25)29)37-18-4-3-17-35-26-11-9-23(10-12-26)22-5-7-24(8-6-22)30(33)34-2/h5-14,19-20H,3-4,15-18H2,1-2H3,(H,31,32). The van der Waals surface area contributed by atoms with Crippen LogP contribution < -0.4 is 10.1 Å². The first-order chi connectivity index (χ1) is 18.0. The van der Waals surface area contributed by atoms with Gasteiger partial charge < -0.3 is 19.2 Å². The molecule has 7 heteroatoms. The first kappa shape index (κ1) is 26.4. The molecule has 3 aromatic carbocycles. The lowest BCUT2D eigenvalue weighted by molar-refractivity contribution is -0.118. The number of nitrogens with one attached hydrogen (secondary N) is 1. The molecule has 0 atom stereocenters. The van der Waals surface area contributed by atoms with Crippen LogP contribution in [0, 0.1) is 0 Å². The highest BCUT2D eigenvalue weighted by Gasteiger charge is 2.08. The molecule has 0 fully saturated rings. The van der Waals surface area contributed by atoms with Gasteiger partial charge in [-0.1, -0.05) is 24.3 Å². The Morgan fingerprint density at radius 1 is 0.946 bits per heavy atom. The number of methoxy groups -OCH3 is 1. The lowest BCUT2D eigenvalue weighted by atomic mass is 10.0. The van der Waals surface area contributed by atoms with Crippen molar-refractivity contribution < 1.29 is 23.5 Å².